The van der Waals surface area contributed by atoms with Crippen molar-refractivity contribution >= 4 is 27.5 Å². The summed E-state index contributed by atoms with van der Waals surface area (Å²) >= 11 is 9.58. The number of hydrogen-bond acceptors (Lipinski definition) is 2. The van der Waals surface area contributed by atoms with E-state index in [0.717, 1.165) is 28.5 Å². The summed E-state index contributed by atoms with van der Waals surface area (Å²) < 4.78 is 0.946. The van der Waals surface area contributed by atoms with Crippen LogP contribution in [0.5, 0.6) is 0 Å². The molecule has 1 aromatic rings. The van der Waals surface area contributed by atoms with E-state index in [-0.39, 0.29) is 6.04 Å². The molecule has 1 aliphatic heterocycles. The van der Waals surface area contributed by atoms with Crippen molar-refractivity contribution in [2.24, 2.45) is 17.1 Å². The summed E-state index contributed by atoms with van der Waals surface area (Å²) in [5, 5.41) is 0.749. The van der Waals surface area contributed by atoms with Crippen molar-refractivity contribution in [2.75, 3.05) is 19.6 Å². The SMILES string of the molecule is CC(C)(C)C1CCN(C(CN)c2ccc(Cl)c(Br)c2)C1. The van der Waals surface area contributed by atoms with E-state index in [1.807, 2.05) is 6.07 Å². The predicted octanol–water partition coefficient (Wildman–Crippen LogP) is 4.47. The third-order valence-electron chi connectivity index (χ3n) is 4.44. The van der Waals surface area contributed by atoms with E-state index >= 15 is 0 Å². The molecule has 0 bridgehead atoms. The van der Waals surface area contributed by atoms with Crippen molar-refractivity contribution < 1.29 is 0 Å². The van der Waals surface area contributed by atoms with E-state index in [1.54, 1.807) is 0 Å². The third kappa shape index (κ3) is 3.56. The number of nitrogens with two attached hydrogens (primary N) is 1. The van der Waals surface area contributed by atoms with Crippen molar-refractivity contribution in [1.29, 1.82) is 0 Å². The van der Waals surface area contributed by atoms with Crippen molar-refractivity contribution in [3.63, 3.8) is 0 Å². The second-order valence-electron chi connectivity index (χ2n) is 6.77. The second kappa shape index (κ2) is 6.35. The van der Waals surface area contributed by atoms with Crippen molar-refractivity contribution in [2.45, 2.75) is 33.2 Å². The molecule has 0 radical (unpaired) electrons. The molecule has 1 saturated heterocycles. The Morgan fingerprint density at radius 2 is 2.15 bits per heavy atom. The van der Waals surface area contributed by atoms with Crippen LogP contribution in [0.25, 0.3) is 0 Å². The first kappa shape index (κ1) is 16.3. The summed E-state index contributed by atoms with van der Waals surface area (Å²) in [7, 11) is 0. The molecule has 1 aliphatic rings. The Labute approximate surface area is 135 Å². The minimum absolute atomic E-state index is 0.288. The Bertz CT molecular complexity index is 470. The summed E-state index contributed by atoms with van der Waals surface area (Å²) in [6.07, 6.45) is 1.26. The van der Waals surface area contributed by atoms with Crippen molar-refractivity contribution in [3.05, 3.63) is 33.3 Å². The molecule has 0 saturated carbocycles. The van der Waals surface area contributed by atoms with Crippen LogP contribution in [-0.2, 0) is 0 Å². The van der Waals surface area contributed by atoms with Crippen LogP contribution in [0.15, 0.2) is 22.7 Å². The second-order valence-corrected chi connectivity index (χ2v) is 8.03. The van der Waals surface area contributed by atoms with E-state index in [1.165, 1.54) is 12.0 Å². The van der Waals surface area contributed by atoms with Crippen LogP contribution >= 0.6 is 27.5 Å². The van der Waals surface area contributed by atoms with E-state index in [0.29, 0.717) is 12.0 Å². The summed E-state index contributed by atoms with van der Waals surface area (Å²) in [4.78, 5) is 2.52. The number of rotatable bonds is 3. The summed E-state index contributed by atoms with van der Waals surface area (Å²) in [6, 6.07) is 6.43. The first-order valence-corrected chi connectivity index (χ1v) is 8.39. The quantitative estimate of drug-likeness (QED) is 0.862. The molecule has 2 nitrogen and oxygen atoms in total. The molecular weight excluding hydrogens is 336 g/mol. The molecule has 4 heteroatoms. The summed E-state index contributed by atoms with van der Waals surface area (Å²) in [5.41, 5.74) is 7.66. The molecule has 112 valence electrons. The largest absolute Gasteiger partial charge is 0.329 e. The Morgan fingerprint density at radius 1 is 1.45 bits per heavy atom. The van der Waals surface area contributed by atoms with Gasteiger partial charge in [-0.3, -0.25) is 4.90 Å². The van der Waals surface area contributed by atoms with Gasteiger partial charge < -0.3 is 5.73 Å². The Hall–Kier alpha value is -0.0900. The van der Waals surface area contributed by atoms with Crippen LogP contribution in [0.3, 0.4) is 0 Å². The molecule has 2 unspecified atom stereocenters. The number of benzene rings is 1. The number of likely N-dealkylation sites (tertiary alicyclic amines) is 1. The molecule has 2 N–H and O–H groups in total. The van der Waals surface area contributed by atoms with Gasteiger partial charge in [-0.2, -0.15) is 0 Å². The van der Waals surface area contributed by atoms with Gasteiger partial charge in [0.2, 0.25) is 0 Å². The maximum atomic E-state index is 6.08. The fourth-order valence-corrected chi connectivity index (χ4v) is 3.51. The van der Waals surface area contributed by atoms with Gasteiger partial charge in [0, 0.05) is 23.6 Å². The third-order valence-corrected chi connectivity index (χ3v) is 5.65. The van der Waals surface area contributed by atoms with Gasteiger partial charge in [0.15, 0.2) is 0 Å². The van der Waals surface area contributed by atoms with Crippen LogP contribution in [0.4, 0.5) is 0 Å². The van der Waals surface area contributed by atoms with E-state index < -0.39 is 0 Å². The minimum atomic E-state index is 0.288. The smallest absolute Gasteiger partial charge is 0.0548 e. The Balaban J connectivity index is 2.15. The fourth-order valence-electron chi connectivity index (χ4n) is 2.99. The van der Waals surface area contributed by atoms with E-state index in [4.69, 9.17) is 17.3 Å². The summed E-state index contributed by atoms with van der Waals surface area (Å²) in [6.45, 7) is 9.90. The standard InChI is InChI=1S/C16H24BrClN2/c1-16(2,3)12-6-7-20(10-12)15(9-19)11-4-5-14(18)13(17)8-11/h4-5,8,12,15H,6-7,9-10,19H2,1-3H3. The Morgan fingerprint density at radius 3 is 2.65 bits per heavy atom. The lowest BCUT2D eigenvalue weighted by Gasteiger charge is -2.30. The molecule has 0 aromatic heterocycles. The summed E-state index contributed by atoms with van der Waals surface area (Å²) in [5.74, 6) is 0.743. The van der Waals surface area contributed by atoms with Crippen LogP contribution in [-0.4, -0.2) is 24.5 Å². The average Bonchev–Trinajstić information content (AvgIpc) is 2.84. The maximum Gasteiger partial charge on any atom is 0.0548 e. The predicted molar refractivity (Wildman–Crippen MR) is 90.1 cm³/mol. The van der Waals surface area contributed by atoms with Crippen LogP contribution < -0.4 is 5.73 Å². The molecule has 1 heterocycles. The zero-order chi connectivity index (χ0) is 14.9. The average molecular weight is 360 g/mol. The highest BCUT2D eigenvalue weighted by atomic mass is 79.9. The zero-order valence-corrected chi connectivity index (χ0v) is 14.8. The zero-order valence-electron chi connectivity index (χ0n) is 12.5. The molecule has 1 fully saturated rings. The first-order chi connectivity index (χ1) is 9.32. The highest BCUT2D eigenvalue weighted by Crippen LogP contribution is 2.37. The number of nitrogens with zero attached hydrogens (tertiary/aromatic N) is 1. The molecule has 0 amide bonds. The molecule has 0 aliphatic carbocycles. The van der Waals surface area contributed by atoms with Gasteiger partial charge >= 0.3 is 0 Å². The normalized spacial score (nSPS) is 22.2. The van der Waals surface area contributed by atoms with Crippen molar-refractivity contribution in [3.8, 4) is 0 Å². The molecule has 1 aromatic carbocycles. The molecule has 20 heavy (non-hydrogen) atoms. The fraction of sp³-hybridized carbons (Fsp3) is 0.625. The van der Waals surface area contributed by atoms with Crippen LogP contribution in [0.2, 0.25) is 5.02 Å². The molecule has 0 spiro atoms. The number of hydrogen-bond donors (Lipinski definition) is 1. The van der Waals surface area contributed by atoms with E-state index in [9.17, 15) is 0 Å². The lowest BCUT2D eigenvalue weighted by molar-refractivity contribution is 0.197. The van der Waals surface area contributed by atoms with E-state index in [2.05, 4.69) is 53.7 Å². The minimum Gasteiger partial charge on any atom is -0.329 e. The highest BCUT2D eigenvalue weighted by molar-refractivity contribution is 9.10. The van der Waals surface area contributed by atoms with Crippen LogP contribution in [0.1, 0.15) is 38.8 Å². The van der Waals surface area contributed by atoms with Gasteiger partial charge in [0.1, 0.15) is 0 Å². The maximum absolute atomic E-state index is 6.08. The van der Waals surface area contributed by atoms with Crippen molar-refractivity contribution in [1.82, 2.24) is 4.90 Å². The Kier molecular flexibility index (Phi) is 5.17. The molecule has 2 atom stereocenters. The van der Waals surface area contributed by atoms with Crippen LogP contribution in [0, 0.1) is 11.3 Å². The monoisotopic (exact) mass is 358 g/mol. The van der Waals surface area contributed by atoms with Gasteiger partial charge in [-0.15, -0.1) is 0 Å². The number of halogens is 2. The van der Waals surface area contributed by atoms with Gasteiger partial charge in [-0.1, -0.05) is 38.4 Å². The van der Waals surface area contributed by atoms with Gasteiger partial charge in [-0.05, 0) is 57.9 Å². The lowest BCUT2D eigenvalue weighted by Crippen LogP contribution is -2.33. The lowest BCUT2D eigenvalue weighted by atomic mass is 9.80. The van der Waals surface area contributed by atoms with Gasteiger partial charge in [0.25, 0.3) is 0 Å². The van der Waals surface area contributed by atoms with Gasteiger partial charge in [0.05, 0.1) is 5.02 Å². The topological polar surface area (TPSA) is 29.3 Å². The highest BCUT2D eigenvalue weighted by Gasteiger charge is 2.34. The molecular formula is C16H24BrClN2. The first-order valence-electron chi connectivity index (χ1n) is 7.22. The van der Waals surface area contributed by atoms with Gasteiger partial charge in [-0.25, -0.2) is 0 Å². The molecule has 2 rings (SSSR count).